The third-order valence-electron chi connectivity index (χ3n) is 8.17. The van der Waals surface area contributed by atoms with Crippen LogP contribution < -0.4 is 9.47 Å². The Hall–Kier alpha value is 0.340. The second-order valence-electron chi connectivity index (χ2n) is 11.8. The van der Waals surface area contributed by atoms with E-state index in [1.807, 2.05) is 69.4 Å². The molecule has 0 aromatic heterocycles. The number of hydrogen-bond donors (Lipinski definition) is 0. The largest absolute Gasteiger partial charge is 0.573 e. The van der Waals surface area contributed by atoms with E-state index in [9.17, 15) is 26.3 Å². The standard InChI is InChI=1S/C39H18F6I8O2/c40-38(41,42)54-22-3-7-24(36(52)15-22)18-1-5-26(30(46)9-18)20-11-32(48)28(33(49)12-20)17-29-34(50)13-21(14-35(29)51)27-6-2-19(10-31(27)47)25-8-4-23(16-37(25)53)55-39(43,44)45/h1-16H,17H2. The Kier molecular flexibility index (Phi) is 15.1. The van der Waals surface area contributed by atoms with Gasteiger partial charge in [-0.1, -0.05) is 24.3 Å². The third kappa shape index (κ3) is 11.4. The van der Waals surface area contributed by atoms with Crippen molar-refractivity contribution in [2.24, 2.45) is 0 Å². The Morgan fingerprint density at radius 1 is 0.345 bits per heavy atom. The van der Waals surface area contributed by atoms with E-state index in [2.05, 4.69) is 181 Å². The van der Waals surface area contributed by atoms with Crippen molar-refractivity contribution >= 4 is 181 Å². The minimum absolute atomic E-state index is 0.248. The van der Waals surface area contributed by atoms with Gasteiger partial charge in [0, 0.05) is 35.0 Å². The molecule has 0 amide bonds. The van der Waals surface area contributed by atoms with Crippen LogP contribution >= 0.6 is 181 Å². The zero-order valence-corrected chi connectivity index (χ0v) is 44.3. The Morgan fingerprint density at radius 3 is 0.909 bits per heavy atom. The van der Waals surface area contributed by atoms with Crippen molar-refractivity contribution in [3.05, 3.63) is 137 Å². The van der Waals surface area contributed by atoms with Gasteiger partial charge in [-0.25, -0.2) is 0 Å². The normalized spacial score (nSPS) is 11.9. The molecular formula is C39H18F6I8O2. The molecule has 0 N–H and O–H groups in total. The van der Waals surface area contributed by atoms with Gasteiger partial charge in [-0.15, -0.1) is 26.3 Å². The first-order valence-electron chi connectivity index (χ1n) is 15.4. The summed E-state index contributed by atoms with van der Waals surface area (Å²) in [6.07, 6.45) is -8.74. The van der Waals surface area contributed by atoms with Crippen molar-refractivity contribution in [1.82, 2.24) is 0 Å². The van der Waals surface area contributed by atoms with Crippen LogP contribution in [0.4, 0.5) is 26.3 Å². The fourth-order valence-corrected chi connectivity index (χ4v) is 13.3. The van der Waals surface area contributed by atoms with Gasteiger partial charge >= 0.3 is 12.7 Å². The maximum atomic E-state index is 12.7. The summed E-state index contributed by atoms with van der Waals surface area (Å²) >= 11 is 18.3. The Labute approximate surface area is 421 Å². The molecule has 0 saturated heterocycles. The molecule has 0 aliphatic rings. The molecule has 16 heteroatoms. The molecule has 0 heterocycles. The monoisotopic (exact) mass is 1650 g/mol. The molecule has 6 aromatic carbocycles. The fourth-order valence-electron chi connectivity index (χ4n) is 5.72. The van der Waals surface area contributed by atoms with E-state index in [-0.39, 0.29) is 11.5 Å². The molecule has 0 aliphatic carbocycles. The predicted octanol–water partition coefficient (Wildman–Crippen LogP) is 16.6. The number of benzene rings is 6. The van der Waals surface area contributed by atoms with Crippen molar-refractivity contribution < 1.29 is 35.8 Å². The molecule has 0 radical (unpaired) electrons. The van der Waals surface area contributed by atoms with Crippen molar-refractivity contribution in [1.29, 1.82) is 0 Å². The lowest BCUT2D eigenvalue weighted by Gasteiger charge is -2.17. The highest BCUT2D eigenvalue weighted by Gasteiger charge is 2.32. The van der Waals surface area contributed by atoms with Gasteiger partial charge in [-0.2, -0.15) is 0 Å². The van der Waals surface area contributed by atoms with Gasteiger partial charge in [0.15, 0.2) is 0 Å². The molecular weight excluding hydrogens is 1630 g/mol. The van der Waals surface area contributed by atoms with Gasteiger partial charge < -0.3 is 9.47 Å². The molecule has 284 valence electrons. The first-order chi connectivity index (χ1) is 25.8. The van der Waals surface area contributed by atoms with Crippen molar-refractivity contribution in [3.63, 3.8) is 0 Å². The number of halogens is 14. The van der Waals surface area contributed by atoms with Crippen molar-refractivity contribution in [2.45, 2.75) is 19.1 Å². The fraction of sp³-hybridized carbons (Fsp3) is 0.0769. The van der Waals surface area contributed by atoms with E-state index in [1.54, 1.807) is 12.1 Å². The lowest BCUT2D eigenvalue weighted by molar-refractivity contribution is -0.275. The third-order valence-corrected chi connectivity index (χ3v) is 15.6. The molecule has 0 bridgehead atoms. The van der Waals surface area contributed by atoms with Crippen LogP contribution in [0.2, 0.25) is 0 Å². The summed E-state index contributed by atoms with van der Waals surface area (Å²) in [5.41, 5.74) is 10.2. The zero-order valence-electron chi connectivity index (χ0n) is 27.1. The molecule has 6 rings (SSSR count). The maximum absolute atomic E-state index is 12.7. The molecule has 6 aromatic rings. The molecule has 0 fully saturated rings. The highest BCUT2D eigenvalue weighted by atomic mass is 127. The van der Waals surface area contributed by atoms with Gasteiger partial charge in [-0.05, 0) is 309 Å². The van der Waals surface area contributed by atoms with E-state index < -0.39 is 12.7 Å². The summed E-state index contributed by atoms with van der Waals surface area (Å²) in [5.74, 6) is -0.496. The highest BCUT2D eigenvalue weighted by molar-refractivity contribution is 14.1. The second-order valence-corrected chi connectivity index (χ2v) is 21.1. The molecule has 55 heavy (non-hydrogen) atoms. The first kappa shape index (κ1) is 44.9. The van der Waals surface area contributed by atoms with Gasteiger partial charge in [0.2, 0.25) is 0 Å². The zero-order chi connectivity index (χ0) is 40.0. The summed E-state index contributed by atoms with van der Waals surface area (Å²) < 4.78 is 92.4. The van der Waals surface area contributed by atoms with Gasteiger partial charge in [0.25, 0.3) is 0 Å². The number of ether oxygens (including phenoxy) is 2. The van der Waals surface area contributed by atoms with Crippen LogP contribution in [0.15, 0.2) is 97.1 Å². The second kappa shape index (κ2) is 18.5. The Morgan fingerprint density at radius 2 is 0.618 bits per heavy atom. The van der Waals surface area contributed by atoms with Crippen molar-refractivity contribution in [3.8, 4) is 56.0 Å². The van der Waals surface area contributed by atoms with E-state index in [1.165, 1.54) is 35.4 Å². The summed E-state index contributed by atoms with van der Waals surface area (Å²) in [6.45, 7) is 0. The minimum atomic E-state index is -4.74. The minimum Gasteiger partial charge on any atom is -0.406 e. The Balaban J connectivity index is 1.22. The summed E-state index contributed by atoms with van der Waals surface area (Å²) in [7, 11) is 0. The van der Waals surface area contributed by atoms with E-state index >= 15 is 0 Å². The van der Waals surface area contributed by atoms with Crippen LogP contribution in [0.25, 0.3) is 44.5 Å². The first-order valence-corrected chi connectivity index (χ1v) is 24.1. The van der Waals surface area contributed by atoms with Crippen LogP contribution in [0.5, 0.6) is 11.5 Å². The van der Waals surface area contributed by atoms with Crippen molar-refractivity contribution in [2.75, 3.05) is 0 Å². The van der Waals surface area contributed by atoms with E-state index in [0.717, 1.165) is 72.3 Å². The topological polar surface area (TPSA) is 18.5 Å². The van der Waals surface area contributed by atoms with Crippen LogP contribution in [0.3, 0.4) is 0 Å². The van der Waals surface area contributed by atoms with Gasteiger partial charge in [0.05, 0.1) is 0 Å². The van der Waals surface area contributed by atoms with Crippen LogP contribution in [0.1, 0.15) is 11.1 Å². The SMILES string of the molecule is FC(F)(F)Oc1ccc(-c2ccc(-c3cc(I)c(Cc4c(I)cc(-c5ccc(-c6ccc(OC(F)(F)F)cc6I)cc5I)cc4I)c(I)c3)c(I)c2)c(I)c1. The molecule has 0 spiro atoms. The summed E-state index contributed by atoms with van der Waals surface area (Å²) in [5, 5.41) is 0. The average molecular weight is 1650 g/mol. The number of rotatable bonds is 8. The smallest absolute Gasteiger partial charge is 0.406 e. The average Bonchev–Trinajstić information content (AvgIpc) is 3.06. The number of hydrogen-bond acceptors (Lipinski definition) is 2. The van der Waals surface area contributed by atoms with Gasteiger partial charge in [-0.3, -0.25) is 0 Å². The molecule has 0 unspecified atom stereocenters. The van der Waals surface area contributed by atoms with E-state index in [0.29, 0.717) is 7.14 Å². The van der Waals surface area contributed by atoms with Gasteiger partial charge in [0.1, 0.15) is 11.5 Å². The van der Waals surface area contributed by atoms with Crippen LogP contribution in [-0.4, -0.2) is 12.7 Å². The summed E-state index contributed by atoms with van der Waals surface area (Å²) in [6, 6.07) is 29.7. The summed E-state index contributed by atoms with van der Waals surface area (Å²) in [4.78, 5) is 0. The van der Waals surface area contributed by atoms with Crippen LogP contribution in [0, 0.1) is 28.6 Å². The number of alkyl halides is 6. The quantitative estimate of drug-likeness (QED) is 0.112. The molecule has 0 saturated carbocycles. The molecule has 2 nitrogen and oxygen atoms in total. The Bertz CT molecular complexity index is 2240. The molecule has 0 atom stereocenters. The lowest BCUT2D eigenvalue weighted by Crippen LogP contribution is -2.17. The lowest BCUT2D eigenvalue weighted by atomic mass is 9.96. The predicted molar refractivity (Wildman–Crippen MR) is 273 cm³/mol. The molecule has 0 aliphatic heterocycles. The van der Waals surface area contributed by atoms with E-state index in [4.69, 9.17) is 0 Å². The van der Waals surface area contributed by atoms with Crippen LogP contribution in [-0.2, 0) is 6.42 Å². The maximum Gasteiger partial charge on any atom is 0.573 e. The highest BCUT2D eigenvalue weighted by Crippen LogP contribution is 2.39.